The van der Waals surface area contributed by atoms with Crippen LogP contribution < -0.4 is 16.5 Å². The Hall–Kier alpha value is -2.22. The number of hydrogen-bond donors (Lipinski definition) is 2. The summed E-state index contributed by atoms with van der Waals surface area (Å²) in [4.78, 5) is 20.3. The lowest BCUT2D eigenvalue weighted by atomic mass is 10.2. The van der Waals surface area contributed by atoms with E-state index in [1.54, 1.807) is 18.2 Å². The van der Waals surface area contributed by atoms with Gasteiger partial charge in [-0.2, -0.15) is 4.98 Å². The van der Waals surface area contributed by atoms with Gasteiger partial charge in [0.1, 0.15) is 6.33 Å². The lowest BCUT2D eigenvalue weighted by molar-refractivity contribution is 0.766. The molecule has 2 N–H and O–H groups in total. The summed E-state index contributed by atoms with van der Waals surface area (Å²) in [5.41, 5.74) is 6.90. The second kappa shape index (κ2) is 7.57. The first-order valence-corrected chi connectivity index (χ1v) is 8.25. The van der Waals surface area contributed by atoms with Gasteiger partial charge in [0.05, 0.1) is 10.7 Å². The Bertz CT molecular complexity index is 880. The number of nitrogens with one attached hydrogen (secondary N) is 2. The third-order valence-electron chi connectivity index (χ3n) is 3.22. The maximum absolute atomic E-state index is 12.2. The Balaban J connectivity index is 1.74. The van der Waals surface area contributed by atoms with Crippen LogP contribution in [0.15, 0.2) is 64.1 Å². The number of nitrogens with zero attached hydrogens (tertiary/aromatic N) is 3. The lowest BCUT2D eigenvalue weighted by Gasteiger charge is -2.10. The fourth-order valence-electron chi connectivity index (χ4n) is 2.09. The van der Waals surface area contributed by atoms with Crippen molar-refractivity contribution in [3.63, 3.8) is 0 Å². The highest BCUT2D eigenvalue weighted by atomic mass is 79.9. The number of halogens is 2. The molecule has 0 radical (unpaired) electrons. The third kappa shape index (κ3) is 3.81. The van der Waals surface area contributed by atoms with E-state index in [1.807, 2.05) is 30.3 Å². The van der Waals surface area contributed by atoms with Crippen molar-refractivity contribution in [3.8, 4) is 5.69 Å². The first kappa shape index (κ1) is 16.6. The molecule has 0 fully saturated rings. The topological polar surface area (TPSA) is 71.8 Å². The van der Waals surface area contributed by atoms with E-state index in [0.29, 0.717) is 21.7 Å². The van der Waals surface area contributed by atoms with Crippen LogP contribution in [0.25, 0.3) is 5.69 Å². The van der Waals surface area contributed by atoms with Crippen LogP contribution in [-0.2, 0) is 6.54 Å². The molecule has 0 amide bonds. The van der Waals surface area contributed by atoms with Gasteiger partial charge in [-0.25, -0.2) is 19.8 Å². The van der Waals surface area contributed by atoms with Gasteiger partial charge in [0, 0.05) is 11.0 Å². The fourth-order valence-corrected chi connectivity index (χ4v) is 3.03. The molecule has 6 nitrogen and oxygen atoms in total. The summed E-state index contributed by atoms with van der Waals surface area (Å²) in [7, 11) is 0. The minimum Gasteiger partial charge on any atom is -0.289 e. The summed E-state index contributed by atoms with van der Waals surface area (Å²) in [6.45, 7) is 0.573. The maximum Gasteiger partial charge on any atom is 0.356 e. The molecule has 3 aromatic rings. The highest BCUT2D eigenvalue weighted by molar-refractivity contribution is 9.10. The summed E-state index contributed by atoms with van der Waals surface area (Å²) in [6.07, 6.45) is 1.38. The van der Waals surface area contributed by atoms with Crippen LogP contribution in [0.5, 0.6) is 0 Å². The number of para-hydroxylation sites is 1. The Labute approximate surface area is 151 Å². The predicted octanol–water partition coefficient (Wildman–Crippen LogP) is 3.16. The minimum atomic E-state index is -0.484. The van der Waals surface area contributed by atoms with Gasteiger partial charge in [0.2, 0.25) is 5.95 Å². The van der Waals surface area contributed by atoms with Crippen molar-refractivity contribution in [2.45, 2.75) is 6.54 Å². The monoisotopic (exact) mass is 405 g/mol. The molecule has 2 aromatic carbocycles. The van der Waals surface area contributed by atoms with Crippen LogP contribution in [0, 0.1) is 0 Å². The number of anilines is 1. The molecular formula is C16H13BrClN5O. The standard InChI is InChI=1S/C16H13BrClN5O/c17-12-7-4-8-13(18)14(12)23-10-19-15(21-16(23)24)22-20-9-11-5-2-1-3-6-11/h1-8,10,20H,9H2,(H,21,22,24). The highest BCUT2D eigenvalue weighted by Gasteiger charge is 2.10. The molecule has 1 aromatic heterocycles. The third-order valence-corrected chi connectivity index (χ3v) is 4.16. The molecule has 0 spiro atoms. The molecule has 0 unspecified atom stereocenters. The van der Waals surface area contributed by atoms with Crippen LogP contribution in [0.1, 0.15) is 5.56 Å². The molecule has 0 saturated carbocycles. The van der Waals surface area contributed by atoms with Gasteiger partial charge in [0.15, 0.2) is 0 Å². The molecule has 0 aliphatic carbocycles. The molecule has 0 saturated heterocycles. The van der Waals surface area contributed by atoms with Crippen LogP contribution in [0.2, 0.25) is 5.02 Å². The van der Waals surface area contributed by atoms with Gasteiger partial charge in [-0.15, -0.1) is 0 Å². The second-order valence-electron chi connectivity index (χ2n) is 4.87. The predicted molar refractivity (Wildman–Crippen MR) is 97.2 cm³/mol. The molecule has 122 valence electrons. The van der Waals surface area contributed by atoms with E-state index in [4.69, 9.17) is 11.6 Å². The molecule has 3 rings (SSSR count). The zero-order valence-corrected chi connectivity index (χ0v) is 14.8. The minimum absolute atomic E-state index is 0.190. The van der Waals surface area contributed by atoms with E-state index >= 15 is 0 Å². The zero-order valence-electron chi connectivity index (χ0n) is 12.4. The summed E-state index contributed by atoms with van der Waals surface area (Å²) in [6, 6.07) is 15.1. The average Bonchev–Trinajstić information content (AvgIpc) is 2.57. The Morgan fingerprint density at radius 1 is 1.12 bits per heavy atom. The first-order valence-electron chi connectivity index (χ1n) is 7.08. The van der Waals surface area contributed by atoms with Crippen molar-refractivity contribution in [2.75, 3.05) is 5.43 Å². The van der Waals surface area contributed by atoms with Crippen molar-refractivity contribution in [2.24, 2.45) is 0 Å². The van der Waals surface area contributed by atoms with Gasteiger partial charge in [0.25, 0.3) is 0 Å². The fraction of sp³-hybridized carbons (Fsp3) is 0.0625. The summed E-state index contributed by atoms with van der Waals surface area (Å²) in [5, 5.41) is 0.429. The van der Waals surface area contributed by atoms with E-state index in [9.17, 15) is 4.79 Å². The van der Waals surface area contributed by atoms with Crippen molar-refractivity contribution in [1.29, 1.82) is 0 Å². The van der Waals surface area contributed by atoms with Crippen molar-refractivity contribution >= 4 is 33.5 Å². The lowest BCUT2D eigenvalue weighted by Crippen LogP contribution is -2.28. The van der Waals surface area contributed by atoms with Gasteiger partial charge in [-0.1, -0.05) is 48.0 Å². The summed E-state index contributed by atoms with van der Waals surface area (Å²) >= 11 is 9.53. The first-order chi connectivity index (χ1) is 11.6. The van der Waals surface area contributed by atoms with Crippen molar-refractivity contribution in [1.82, 2.24) is 20.0 Å². The number of hydrazine groups is 1. The number of rotatable bonds is 5. The van der Waals surface area contributed by atoms with Gasteiger partial charge in [-0.3, -0.25) is 5.43 Å². The van der Waals surface area contributed by atoms with E-state index in [-0.39, 0.29) is 5.95 Å². The molecule has 1 heterocycles. The van der Waals surface area contributed by atoms with E-state index < -0.39 is 5.69 Å². The molecule has 0 aliphatic rings. The molecule has 24 heavy (non-hydrogen) atoms. The number of aromatic nitrogens is 3. The van der Waals surface area contributed by atoms with Crippen molar-refractivity contribution < 1.29 is 0 Å². The Kier molecular flexibility index (Phi) is 5.24. The quantitative estimate of drug-likeness (QED) is 0.637. The van der Waals surface area contributed by atoms with E-state index in [1.165, 1.54) is 10.9 Å². The number of hydrogen-bond acceptors (Lipinski definition) is 5. The van der Waals surface area contributed by atoms with Crippen LogP contribution in [-0.4, -0.2) is 14.5 Å². The SMILES string of the molecule is O=c1nc(NNCc2ccccc2)ncn1-c1c(Cl)cccc1Br. The smallest absolute Gasteiger partial charge is 0.289 e. The highest BCUT2D eigenvalue weighted by Crippen LogP contribution is 2.27. The number of benzene rings is 2. The van der Waals surface area contributed by atoms with E-state index in [2.05, 4.69) is 36.7 Å². The summed E-state index contributed by atoms with van der Waals surface area (Å²) in [5.74, 6) is 0.190. The molecule has 0 atom stereocenters. The summed E-state index contributed by atoms with van der Waals surface area (Å²) < 4.78 is 1.97. The zero-order chi connectivity index (χ0) is 16.9. The Morgan fingerprint density at radius 3 is 2.62 bits per heavy atom. The Morgan fingerprint density at radius 2 is 1.92 bits per heavy atom. The normalized spacial score (nSPS) is 10.6. The largest absolute Gasteiger partial charge is 0.356 e. The molecule has 8 heteroatoms. The molecule has 0 bridgehead atoms. The average molecular weight is 407 g/mol. The molecular weight excluding hydrogens is 394 g/mol. The maximum atomic E-state index is 12.2. The van der Waals surface area contributed by atoms with Crippen LogP contribution >= 0.6 is 27.5 Å². The van der Waals surface area contributed by atoms with E-state index in [0.717, 1.165) is 5.56 Å². The molecule has 0 aliphatic heterocycles. The van der Waals surface area contributed by atoms with Crippen LogP contribution in [0.4, 0.5) is 5.95 Å². The second-order valence-corrected chi connectivity index (χ2v) is 6.13. The van der Waals surface area contributed by atoms with Gasteiger partial charge in [-0.05, 0) is 33.6 Å². The van der Waals surface area contributed by atoms with Gasteiger partial charge < -0.3 is 0 Å². The van der Waals surface area contributed by atoms with Crippen molar-refractivity contribution in [3.05, 3.63) is 80.4 Å². The van der Waals surface area contributed by atoms with Gasteiger partial charge >= 0.3 is 5.69 Å². The van der Waals surface area contributed by atoms with Crippen LogP contribution in [0.3, 0.4) is 0 Å².